The zero-order valence-electron chi connectivity index (χ0n) is 16.9. The molecule has 0 bridgehead atoms. The molecule has 0 saturated heterocycles. The average Bonchev–Trinajstić information content (AvgIpc) is 2.84. The Balaban J connectivity index is 1.46. The summed E-state index contributed by atoms with van der Waals surface area (Å²) in [5, 5.41) is 0. The van der Waals surface area contributed by atoms with Crippen molar-refractivity contribution in [1.82, 2.24) is 14.7 Å². The summed E-state index contributed by atoms with van der Waals surface area (Å²) in [5.74, 6) is 0.773. The number of ether oxygens (including phenoxy) is 1. The summed E-state index contributed by atoms with van der Waals surface area (Å²) < 4.78 is 33.3. The van der Waals surface area contributed by atoms with Crippen LogP contribution in [0.25, 0.3) is 22.4 Å². The van der Waals surface area contributed by atoms with E-state index in [0.29, 0.717) is 0 Å². The van der Waals surface area contributed by atoms with E-state index in [2.05, 4.69) is 14.7 Å². The minimum absolute atomic E-state index is 0.165. The molecule has 0 amide bonds. The summed E-state index contributed by atoms with van der Waals surface area (Å²) in [5.41, 5.74) is 4.34. The second-order valence-corrected chi connectivity index (χ2v) is 8.64. The monoisotopic (exact) mass is 431 g/mol. The Bertz CT molecular complexity index is 1260. The fourth-order valence-corrected chi connectivity index (χ4v) is 4.15. The van der Waals surface area contributed by atoms with Gasteiger partial charge in [-0.2, -0.15) is 0 Å². The predicted molar refractivity (Wildman–Crippen MR) is 120 cm³/mol. The van der Waals surface area contributed by atoms with Crippen molar-refractivity contribution in [1.29, 1.82) is 0 Å². The summed E-state index contributed by atoms with van der Waals surface area (Å²) in [6, 6.07) is 21.8. The smallest absolute Gasteiger partial charge is 0.240 e. The number of sulfonamides is 1. The summed E-state index contributed by atoms with van der Waals surface area (Å²) in [6.45, 7) is 0.165. The van der Waals surface area contributed by atoms with Crippen LogP contribution in [0, 0.1) is 0 Å². The van der Waals surface area contributed by atoms with E-state index >= 15 is 0 Å². The Morgan fingerprint density at radius 2 is 1.58 bits per heavy atom. The summed E-state index contributed by atoms with van der Waals surface area (Å²) in [7, 11) is -2.03. The van der Waals surface area contributed by atoms with Crippen LogP contribution in [-0.2, 0) is 16.6 Å². The zero-order chi connectivity index (χ0) is 21.7. The molecule has 6 nitrogen and oxygen atoms in total. The van der Waals surface area contributed by atoms with E-state index in [1.54, 1.807) is 56.0 Å². The highest BCUT2D eigenvalue weighted by Crippen LogP contribution is 2.24. The maximum absolute atomic E-state index is 12.7. The highest BCUT2D eigenvalue weighted by molar-refractivity contribution is 7.89. The largest absolute Gasteiger partial charge is 0.497 e. The molecular weight excluding hydrogens is 410 g/mol. The zero-order valence-corrected chi connectivity index (χ0v) is 17.7. The van der Waals surface area contributed by atoms with Gasteiger partial charge in [0.05, 0.1) is 17.7 Å². The van der Waals surface area contributed by atoms with E-state index in [9.17, 15) is 8.42 Å². The molecule has 0 unspecified atom stereocenters. The van der Waals surface area contributed by atoms with Gasteiger partial charge in [-0.3, -0.25) is 9.97 Å². The van der Waals surface area contributed by atoms with Crippen LogP contribution in [0.2, 0.25) is 0 Å². The SMILES string of the molecule is COc1ccc(-c2ccc(S(=O)(=O)NCc3ccnc(-c4cccnc4)c3)cc2)cc1. The number of hydrogen-bond donors (Lipinski definition) is 1. The fourth-order valence-electron chi connectivity index (χ4n) is 3.13. The van der Waals surface area contributed by atoms with Gasteiger partial charge in [0, 0.05) is 30.7 Å². The molecule has 0 aliphatic rings. The topological polar surface area (TPSA) is 81.2 Å². The normalized spacial score (nSPS) is 11.3. The van der Waals surface area contributed by atoms with Gasteiger partial charge in [-0.25, -0.2) is 13.1 Å². The van der Waals surface area contributed by atoms with Crippen molar-refractivity contribution >= 4 is 10.0 Å². The average molecular weight is 432 g/mol. The number of rotatable bonds is 7. The van der Waals surface area contributed by atoms with Crippen LogP contribution >= 0.6 is 0 Å². The van der Waals surface area contributed by atoms with Crippen LogP contribution in [0.15, 0.2) is 96.3 Å². The van der Waals surface area contributed by atoms with E-state index < -0.39 is 10.0 Å². The lowest BCUT2D eigenvalue weighted by atomic mass is 10.1. The van der Waals surface area contributed by atoms with E-state index in [0.717, 1.165) is 33.7 Å². The van der Waals surface area contributed by atoms with Crippen LogP contribution in [0.4, 0.5) is 0 Å². The Morgan fingerprint density at radius 3 is 2.23 bits per heavy atom. The Hall–Kier alpha value is -3.55. The number of pyridine rings is 2. The molecule has 0 fully saturated rings. The number of nitrogens with one attached hydrogen (secondary N) is 1. The van der Waals surface area contributed by atoms with Crippen molar-refractivity contribution in [2.24, 2.45) is 0 Å². The Morgan fingerprint density at radius 1 is 0.871 bits per heavy atom. The van der Waals surface area contributed by atoms with Gasteiger partial charge in [0.15, 0.2) is 0 Å². The summed E-state index contributed by atoms with van der Waals surface area (Å²) >= 11 is 0. The first-order chi connectivity index (χ1) is 15.0. The standard InChI is InChI=1S/C24H21N3O3S/c1-30-22-8-4-19(5-9-22)20-6-10-23(11-7-20)31(28,29)27-16-18-12-14-26-24(15-18)21-3-2-13-25-17-21/h2-15,17,27H,16H2,1H3. The number of methoxy groups -OCH3 is 1. The molecule has 4 rings (SSSR count). The third-order valence-electron chi connectivity index (χ3n) is 4.84. The fraction of sp³-hybridized carbons (Fsp3) is 0.0833. The van der Waals surface area contributed by atoms with Gasteiger partial charge in [0.1, 0.15) is 5.75 Å². The third-order valence-corrected chi connectivity index (χ3v) is 6.25. The van der Waals surface area contributed by atoms with Crippen LogP contribution in [0.1, 0.15) is 5.56 Å². The molecule has 1 N–H and O–H groups in total. The Labute approximate surface area is 181 Å². The summed E-state index contributed by atoms with van der Waals surface area (Å²) in [4.78, 5) is 8.65. The molecule has 0 aliphatic heterocycles. The molecule has 156 valence electrons. The predicted octanol–water partition coefficient (Wildman–Crippen LogP) is 4.30. The van der Waals surface area contributed by atoms with Crippen LogP contribution < -0.4 is 9.46 Å². The highest BCUT2D eigenvalue weighted by atomic mass is 32.2. The molecule has 0 aliphatic carbocycles. The highest BCUT2D eigenvalue weighted by Gasteiger charge is 2.14. The van der Waals surface area contributed by atoms with E-state index in [1.165, 1.54) is 0 Å². The number of benzene rings is 2. The van der Waals surface area contributed by atoms with Crippen molar-refractivity contribution in [2.45, 2.75) is 11.4 Å². The lowest BCUT2D eigenvalue weighted by molar-refractivity contribution is 0.415. The third kappa shape index (κ3) is 4.96. The lowest BCUT2D eigenvalue weighted by Gasteiger charge is -2.09. The van der Waals surface area contributed by atoms with Crippen LogP contribution in [0.3, 0.4) is 0 Å². The Kier molecular flexibility index (Phi) is 6.06. The number of aromatic nitrogens is 2. The van der Waals surface area contributed by atoms with Gasteiger partial charge in [0.2, 0.25) is 10.0 Å². The van der Waals surface area contributed by atoms with E-state index in [-0.39, 0.29) is 11.4 Å². The molecule has 4 aromatic rings. The van der Waals surface area contributed by atoms with Gasteiger partial charge in [0.25, 0.3) is 0 Å². The quantitative estimate of drug-likeness (QED) is 0.472. The van der Waals surface area contributed by atoms with Crippen LogP contribution in [0.5, 0.6) is 5.75 Å². The van der Waals surface area contributed by atoms with Crippen molar-refractivity contribution < 1.29 is 13.2 Å². The maximum Gasteiger partial charge on any atom is 0.240 e. The van der Waals surface area contributed by atoms with E-state index in [1.807, 2.05) is 42.5 Å². The summed E-state index contributed by atoms with van der Waals surface area (Å²) in [6.07, 6.45) is 5.08. The molecule has 31 heavy (non-hydrogen) atoms. The molecule has 0 saturated carbocycles. The molecular formula is C24H21N3O3S. The second-order valence-electron chi connectivity index (χ2n) is 6.87. The second kappa shape index (κ2) is 9.07. The molecule has 0 spiro atoms. The van der Waals surface area contributed by atoms with Gasteiger partial charge in [-0.15, -0.1) is 0 Å². The van der Waals surface area contributed by atoms with Gasteiger partial charge < -0.3 is 4.74 Å². The number of nitrogens with zero attached hydrogens (tertiary/aromatic N) is 2. The first kappa shape index (κ1) is 20.7. The van der Waals surface area contributed by atoms with Crippen molar-refractivity contribution in [2.75, 3.05) is 7.11 Å². The van der Waals surface area contributed by atoms with Gasteiger partial charge >= 0.3 is 0 Å². The maximum atomic E-state index is 12.7. The first-order valence-corrected chi connectivity index (χ1v) is 11.1. The van der Waals surface area contributed by atoms with Gasteiger partial charge in [-0.1, -0.05) is 24.3 Å². The van der Waals surface area contributed by atoms with Crippen molar-refractivity contribution in [3.8, 4) is 28.1 Å². The minimum atomic E-state index is -3.65. The van der Waals surface area contributed by atoms with Crippen LogP contribution in [-0.4, -0.2) is 25.5 Å². The molecule has 7 heteroatoms. The molecule has 2 aromatic carbocycles. The molecule has 2 heterocycles. The molecule has 0 radical (unpaired) electrons. The number of hydrogen-bond acceptors (Lipinski definition) is 5. The molecule has 2 aromatic heterocycles. The van der Waals surface area contributed by atoms with Crippen molar-refractivity contribution in [3.63, 3.8) is 0 Å². The minimum Gasteiger partial charge on any atom is -0.497 e. The van der Waals surface area contributed by atoms with E-state index in [4.69, 9.17) is 4.74 Å². The molecule has 0 atom stereocenters. The lowest BCUT2D eigenvalue weighted by Crippen LogP contribution is -2.23. The van der Waals surface area contributed by atoms with Gasteiger partial charge in [-0.05, 0) is 65.2 Å². The van der Waals surface area contributed by atoms with Crippen molar-refractivity contribution in [3.05, 3.63) is 97.0 Å². The first-order valence-electron chi connectivity index (χ1n) is 9.65.